The Morgan fingerprint density at radius 3 is 2.94 bits per heavy atom. The maximum atomic E-state index is 13.0. The summed E-state index contributed by atoms with van der Waals surface area (Å²) < 4.78 is 18.4. The van der Waals surface area contributed by atoms with Crippen LogP contribution < -0.4 is 5.73 Å². The fourth-order valence-corrected chi connectivity index (χ4v) is 1.86. The quantitative estimate of drug-likeness (QED) is 0.617. The normalized spacial score (nSPS) is 20.7. The molecule has 1 heterocycles. The van der Waals surface area contributed by atoms with Gasteiger partial charge in [-0.15, -0.1) is 0 Å². The molecule has 0 aliphatic carbocycles. The van der Waals surface area contributed by atoms with Gasteiger partial charge in [-0.25, -0.2) is 4.39 Å². The van der Waals surface area contributed by atoms with Gasteiger partial charge in [-0.1, -0.05) is 0 Å². The molecule has 1 unspecified atom stereocenters. The Morgan fingerprint density at radius 2 is 2.25 bits per heavy atom. The van der Waals surface area contributed by atoms with Crippen LogP contribution in [0.1, 0.15) is 29.6 Å². The smallest absolute Gasteiger partial charge is 0.193 e. The summed E-state index contributed by atoms with van der Waals surface area (Å²) in [7, 11) is 0. The molecule has 0 spiro atoms. The minimum Gasteiger partial charge on any atom is -0.398 e. The molecule has 4 heteroatoms. The van der Waals surface area contributed by atoms with E-state index in [2.05, 4.69) is 0 Å². The van der Waals surface area contributed by atoms with Gasteiger partial charge in [0.1, 0.15) is 11.9 Å². The van der Waals surface area contributed by atoms with E-state index in [1.807, 2.05) is 0 Å². The Labute approximate surface area is 93.4 Å². The summed E-state index contributed by atoms with van der Waals surface area (Å²) >= 11 is 0. The van der Waals surface area contributed by atoms with Crippen LogP contribution in [0.25, 0.3) is 0 Å². The highest BCUT2D eigenvalue weighted by Crippen LogP contribution is 2.21. The molecule has 3 nitrogen and oxygen atoms in total. The molecule has 0 saturated carbocycles. The standard InChI is InChI=1S/C12H14FNO2/c13-8-4-5-10(14)9(7-8)12(15)11-3-1-2-6-16-11/h4-5,7,11H,1-3,6,14H2. The number of benzene rings is 1. The van der Waals surface area contributed by atoms with Crippen molar-refractivity contribution in [2.45, 2.75) is 25.4 Å². The van der Waals surface area contributed by atoms with E-state index in [1.54, 1.807) is 0 Å². The van der Waals surface area contributed by atoms with Crippen molar-refractivity contribution < 1.29 is 13.9 Å². The molecule has 1 fully saturated rings. The minimum atomic E-state index is -0.460. The molecule has 0 bridgehead atoms. The van der Waals surface area contributed by atoms with Crippen molar-refractivity contribution in [1.29, 1.82) is 0 Å². The number of anilines is 1. The van der Waals surface area contributed by atoms with Crippen molar-refractivity contribution >= 4 is 11.5 Å². The van der Waals surface area contributed by atoms with E-state index in [4.69, 9.17) is 10.5 Å². The Morgan fingerprint density at radius 1 is 1.44 bits per heavy atom. The van der Waals surface area contributed by atoms with Gasteiger partial charge >= 0.3 is 0 Å². The van der Waals surface area contributed by atoms with Crippen molar-refractivity contribution in [3.63, 3.8) is 0 Å². The van der Waals surface area contributed by atoms with Crippen LogP contribution in [0.5, 0.6) is 0 Å². The Balaban J connectivity index is 2.22. The van der Waals surface area contributed by atoms with Crippen LogP contribution >= 0.6 is 0 Å². The highest BCUT2D eigenvalue weighted by Gasteiger charge is 2.24. The van der Waals surface area contributed by atoms with E-state index < -0.39 is 11.9 Å². The first kappa shape index (κ1) is 11.1. The van der Waals surface area contributed by atoms with E-state index in [9.17, 15) is 9.18 Å². The molecule has 0 radical (unpaired) electrons. The second-order valence-corrected chi connectivity index (χ2v) is 3.95. The summed E-state index contributed by atoms with van der Waals surface area (Å²) in [5, 5.41) is 0. The first-order valence-electron chi connectivity index (χ1n) is 5.39. The number of Topliss-reactive ketones (excluding diaryl/α,β-unsaturated/α-hetero) is 1. The molecule has 2 rings (SSSR count). The van der Waals surface area contributed by atoms with Crippen LogP contribution in [-0.2, 0) is 4.74 Å². The van der Waals surface area contributed by atoms with E-state index in [-0.39, 0.29) is 11.3 Å². The van der Waals surface area contributed by atoms with Gasteiger partial charge in [0, 0.05) is 17.9 Å². The van der Waals surface area contributed by atoms with E-state index in [1.165, 1.54) is 18.2 Å². The second-order valence-electron chi connectivity index (χ2n) is 3.95. The average Bonchev–Trinajstić information content (AvgIpc) is 2.32. The fraction of sp³-hybridized carbons (Fsp3) is 0.417. The van der Waals surface area contributed by atoms with Crippen LogP contribution in [0.15, 0.2) is 18.2 Å². The van der Waals surface area contributed by atoms with E-state index in [0.29, 0.717) is 18.7 Å². The molecule has 1 saturated heterocycles. The highest BCUT2D eigenvalue weighted by atomic mass is 19.1. The Hall–Kier alpha value is -1.42. The van der Waals surface area contributed by atoms with Gasteiger partial charge in [0.15, 0.2) is 5.78 Å². The number of halogens is 1. The molecule has 1 aliphatic rings. The van der Waals surface area contributed by atoms with Crippen molar-refractivity contribution in [3.8, 4) is 0 Å². The molecule has 1 atom stereocenters. The van der Waals surface area contributed by atoms with E-state index in [0.717, 1.165) is 12.8 Å². The number of hydrogen-bond donors (Lipinski definition) is 1. The lowest BCUT2D eigenvalue weighted by Gasteiger charge is -2.21. The van der Waals surface area contributed by atoms with Gasteiger partial charge in [-0.2, -0.15) is 0 Å². The lowest BCUT2D eigenvalue weighted by atomic mass is 9.98. The molecule has 0 amide bonds. The molecule has 86 valence electrons. The fourth-order valence-electron chi connectivity index (χ4n) is 1.86. The monoisotopic (exact) mass is 223 g/mol. The zero-order valence-corrected chi connectivity index (χ0v) is 8.91. The lowest BCUT2D eigenvalue weighted by Crippen LogP contribution is -2.28. The van der Waals surface area contributed by atoms with Crippen molar-refractivity contribution in [2.24, 2.45) is 0 Å². The average molecular weight is 223 g/mol. The number of rotatable bonds is 2. The molecule has 1 aliphatic heterocycles. The van der Waals surface area contributed by atoms with Crippen LogP contribution in [0.3, 0.4) is 0 Å². The van der Waals surface area contributed by atoms with Crippen molar-refractivity contribution in [1.82, 2.24) is 0 Å². The van der Waals surface area contributed by atoms with Gasteiger partial charge < -0.3 is 10.5 Å². The SMILES string of the molecule is Nc1ccc(F)cc1C(=O)C1CCCCO1. The molecule has 2 N–H and O–H groups in total. The molecular formula is C12H14FNO2. The molecule has 16 heavy (non-hydrogen) atoms. The number of nitrogen functional groups attached to an aromatic ring is 1. The predicted molar refractivity (Wildman–Crippen MR) is 58.7 cm³/mol. The number of hydrogen-bond acceptors (Lipinski definition) is 3. The molecule has 0 aromatic heterocycles. The number of carbonyl (C=O) groups is 1. The van der Waals surface area contributed by atoms with Gasteiger partial charge in [0.25, 0.3) is 0 Å². The van der Waals surface area contributed by atoms with Crippen LogP contribution in [0.2, 0.25) is 0 Å². The summed E-state index contributed by atoms with van der Waals surface area (Å²) in [6.07, 6.45) is 2.17. The molecule has 1 aromatic carbocycles. The Kier molecular flexibility index (Phi) is 3.19. The topological polar surface area (TPSA) is 52.3 Å². The zero-order valence-electron chi connectivity index (χ0n) is 8.91. The van der Waals surface area contributed by atoms with Gasteiger partial charge in [-0.05, 0) is 37.5 Å². The highest BCUT2D eigenvalue weighted by molar-refractivity contribution is 6.03. The third-order valence-corrected chi connectivity index (χ3v) is 2.75. The second kappa shape index (κ2) is 4.61. The van der Waals surface area contributed by atoms with Gasteiger partial charge in [0.05, 0.1) is 0 Å². The number of nitrogens with two attached hydrogens (primary N) is 1. The third-order valence-electron chi connectivity index (χ3n) is 2.75. The first-order chi connectivity index (χ1) is 7.68. The van der Waals surface area contributed by atoms with Crippen LogP contribution in [0.4, 0.5) is 10.1 Å². The zero-order chi connectivity index (χ0) is 11.5. The summed E-state index contributed by atoms with van der Waals surface area (Å²) in [5.41, 5.74) is 6.19. The van der Waals surface area contributed by atoms with Gasteiger partial charge in [-0.3, -0.25) is 4.79 Å². The van der Waals surface area contributed by atoms with E-state index >= 15 is 0 Å². The third kappa shape index (κ3) is 2.22. The predicted octanol–water partition coefficient (Wildman–Crippen LogP) is 2.16. The summed E-state index contributed by atoms with van der Waals surface area (Å²) in [6, 6.07) is 3.83. The number of ether oxygens (including phenoxy) is 1. The maximum Gasteiger partial charge on any atom is 0.193 e. The lowest BCUT2D eigenvalue weighted by molar-refractivity contribution is 0.0187. The van der Waals surface area contributed by atoms with Crippen LogP contribution in [-0.4, -0.2) is 18.5 Å². The number of carbonyl (C=O) groups excluding carboxylic acids is 1. The molecule has 1 aromatic rings. The van der Waals surface area contributed by atoms with Crippen molar-refractivity contribution in [3.05, 3.63) is 29.6 Å². The van der Waals surface area contributed by atoms with Crippen LogP contribution in [0, 0.1) is 5.82 Å². The largest absolute Gasteiger partial charge is 0.398 e. The summed E-state index contributed by atoms with van der Waals surface area (Å²) in [6.45, 7) is 0.589. The Bertz CT molecular complexity index is 400. The van der Waals surface area contributed by atoms with Crippen molar-refractivity contribution in [2.75, 3.05) is 12.3 Å². The molecular weight excluding hydrogens is 209 g/mol. The summed E-state index contributed by atoms with van der Waals surface area (Å²) in [4.78, 5) is 12.0. The maximum absolute atomic E-state index is 13.0. The first-order valence-corrected chi connectivity index (χ1v) is 5.39. The van der Waals surface area contributed by atoms with Gasteiger partial charge in [0.2, 0.25) is 0 Å². The summed E-state index contributed by atoms with van der Waals surface area (Å²) in [5.74, 6) is -0.662. The number of ketones is 1. The minimum absolute atomic E-state index is 0.211.